The lowest BCUT2D eigenvalue weighted by Crippen LogP contribution is -2.43. The number of amides is 2. The zero-order valence-corrected chi connectivity index (χ0v) is 18.2. The zero-order chi connectivity index (χ0) is 23.4. The standard InChI is InChI=1S/C21H24F3N3O4S/c1-31-19-8-3-2-7-18(19)26-20(28)27-11-9-15(10-12-27)14-25-32(29,30)17-6-4-5-16(13-17)21(22,23)24/h2-8,13,15,25H,9-12,14H2,1H3,(H,26,28). The number of para-hydroxylation sites is 2. The van der Waals surface area contributed by atoms with E-state index in [1.807, 2.05) is 0 Å². The van der Waals surface area contributed by atoms with Gasteiger partial charge in [-0.1, -0.05) is 18.2 Å². The molecule has 1 saturated heterocycles. The number of carbonyl (C=O) groups excluding carboxylic acids is 1. The molecule has 0 saturated carbocycles. The fourth-order valence-electron chi connectivity index (χ4n) is 3.43. The fraction of sp³-hybridized carbons (Fsp3) is 0.381. The second kappa shape index (κ2) is 9.78. The molecule has 0 radical (unpaired) electrons. The molecule has 1 heterocycles. The van der Waals surface area contributed by atoms with Crippen LogP contribution in [0.15, 0.2) is 53.4 Å². The molecule has 1 fully saturated rings. The highest BCUT2D eigenvalue weighted by atomic mass is 32.2. The molecule has 7 nitrogen and oxygen atoms in total. The Morgan fingerprint density at radius 3 is 2.47 bits per heavy atom. The predicted molar refractivity (Wildman–Crippen MR) is 113 cm³/mol. The highest BCUT2D eigenvalue weighted by Gasteiger charge is 2.32. The van der Waals surface area contributed by atoms with E-state index in [2.05, 4.69) is 10.0 Å². The maximum Gasteiger partial charge on any atom is 0.416 e. The average molecular weight is 472 g/mol. The Morgan fingerprint density at radius 1 is 1.12 bits per heavy atom. The van der Waals surface area contributed by atoms with Crippen LogP contribution in [0.1, 0.15) is 18.4 Å². The second-order valence-electron chi connectivity index (χ2n) is 7.44. The molecule has 0 spiro atoms. The molecule has 11 heteroatoms. The number of hydrogen-bond acceptors (Lipinski definition) is 4. The molecule has 0 aromatic heterocycles. The van der Waals surface area contributed by atoms with Crippen LogP contribution >= 0.6 is 0 Å². The first kappa shape index (κ1) is 23.9. The van der Waals surface area contributed by atoms with E-state index in [0.29, 0.717) is 43.4 Å². The number of halogens is 3. The Kier molecular flexibility index (Phi) is 7.29. The van der Waals surface area contributed by atoms with Gasteiger partial charge in [0.05, 0.1) is 23.3 Å². The number of anilines is 1. The summed E-state index contributed by atoms with van der Waals surface area (Å²) in [4.78, 5) is 13.7. The van der Waals surface area contributed by atoms with Gasteiger partial charge in [0.15, 0.2) is 0 Å². The van der Waals surface area contributed by atoms with Gasteiger partial charge in [0.2, 0.25) is 10.0 Å². The lowest BCUT2D eigenvalue weighted by atomic mass is 9.97. The molecule has 174 valence electrons. The van der Waals surface area contributed by atoms with Gasteiger partial charge in [-0.3, -0.25) is 0 Å². The van der Waals surface area contributed by atoms with Gasteiger partial charge in [0, 0.05) is 19.6 Å². The van der Waals surface area contributed by atoms with Crippen molar-refractivity contribution in [2.24, 2.45) is 5.92 Å². The number of methoxy groups -OCH3 is 1. The molecule has 2 aromatic carbocycles. The number of likely N-dealkylation sites (tertiary alicyclic amines) is 1. The summed E-state index contributed by atoms with van der Waals surface area (Å²) in [5, 5.41) is 2.80. The van der Waals surface area contributed by atoms with E-state index in [0.717, 1.165) is 18.2 Å². The number of alkyl halides is 3. The van der Waals surface area contributed by atoms with Crippen molar-refractivity contribution in [1.29, 1.82) is 0 Å². The molecule has 1 aliphatic rings. The van der Waals surface area contributed by atoms with Crippen LogP contribution < -0.4 is 14.8 Å². The Bertz CT molecular complexity index is 1050. The Labute approximate surface area is 184 Å². The Morgan fingerprint density at radius 2 is 1.81 bits per heavy atom. The Balaban J connectivity index is 1.52. The lowest BCUT2D eigenvalue weighted by Gasteiger charge is -2.32. The van der Waals surface area contributed by atoms with Crippen LogP contribution in [0.25, 0.3) is 0 Å². The van der Waals surface area contributed by atoms with Gasteiger partial charge in [-0.15, -0.1) is 0 Å². The zero-order valence-electron chi connectivity index (χ0n) is 17.4. The molecule has 32 heavy (non-hydrogen) atoms. The van der Waals surface area contributed by atoms with Crippen LogP contribution in [-0.4, -0.2) is 46.1 Å². The normalized spacial score (nSPS) is 15.4. The quantitative estimate of drug-likeness (QED) is 0.668. The van der Waals surface area contributed by atoms with Crippen molar-refractivity contribution in [2.75, 3.05) is 32.1 Å². The third-order valence-electron chi connectivity index (χ3n) is 5.28. The van der Waals surface area contributed by atoms with Gasteiger partial charge in [0.25, 0.3) is 0 Å². The van der Waals surface area contributed by atoms with Crippen molar-refractivity contribution >= 4 is 21.7 Å². The van der Waals surface area contributed by atoms with Gasteiger partial charge in [-0.2, -0.15) is 13.2 Å². The molecular weight excluding hydrogens is 447 g/mol. The van der Waals surface area contributed by atoms with Crippen molar-refractivity contribution in [3.8, 4) is 5.75 Å². The topological polar surface area (TPSA) is 87.7 Å². The fourth-order valence-corrected chi connectivity index (χ4v) is 4.59. The van der Waals surface area contributed by atoms with Crippen LogP contribution in [0.3, 0.4) is 0 Å². The number of nitrogens with zero attached hydrogens (tertiary/aromatic N) is 1. The van der Waals surface area contributed by atoms with Crippen LogP contribution in [0, 0.1) is 5.92 Å². The highest BCUT2D eigenvalue weighted by Crippen LogP contribution is 2.30. The van der Waals surface area contributed by atoms with Gasteiger partial charge >= 0.3 is 12.2 Å². The minimum absolute atomic E-state index is 0.0362. The smallest absolute Gasteiger partial charge is 0.416 e. The molecule has 1 aliphatic heterocycles. The van der Waals surface area contributed by atoms with Crippen LogP contribution in [0.2, 0.25) is 0 Å². The number of piperidine rings is 1. The summed E-state index contributed by atoms with van der Waals surface area (Å²) in [5.74, 6) is 0.505. The summed E-state index contributed by atoms with van der Waals surface area (Å²) in [6.45, 7) is 0.939. The third kappa shape index (κ3) is 5.92. The first-order chi connectivity index (χ1) is 15.1. The number of nitrogens with one attached hydrogen (secondary N) is 2. The Hall–Kier alpha value is -2.79. The van der Waals surface area contributed by atoms with Crippen LogP contribution in [-0.2, 0) is 16.2 Å². The number of sulfonamides is 1. The molecule has 0 bridgehead atoms. The summed E-state index contributed by atoms with van der Waals surface area (Å²) >= 11 is 0. The maximum absolute atomic E-state index is 12.9. The minimum Gasteiger partial charge on any atom is -0.495 e. The van der Waals surface area contributed by atoms with Crippen LogP contribution in [0.5, 0.6) is 5.75 Å². The van der Waals surface area contributed by atoms with Gasteiger partial charge in [0.1, 0.15) is 5.75 Å². The summed E-state index contributed by atoms with van der Waals surface area (Å²) in [6.07, 6.45) is -3.50. The molecule has 3 rings (SSSR count). The number of urea groups is 1. The van der Waals surface area contributed by atoms with E-state index in [1.54, 1.807) is 29.2 Å². The molecule has 0 unspecified atom stereocenters. The van der Waals surface area contributed by atoms with Crippen LogP contribution in [0.4, 0.5) is 23.7 Å². The summed E-state index contributed by atoms with van der Waals surface area (Å²) < 4.78 is 71.0. The van der Waals surface area contributed by atoms with E-state index in [1.165, 1.54) is 7.11 Å². The van der Waals surface area contributed by atoms with E-state index < -0.39 is 26.7 Å². The van der Waals surface area contributed by atoms with E-state index in [-0.39, 0.29) is 18.5 Å². The van der Waals surface area contributed by atoms with Crippen molar-refractivity contribution in [3.05, 3.63) is 54.1 Å². The molecule has 2 N–H and O–H groups in total. The summed E-state index contributed by atoms with van der Waals surface area (Å²) in [5.41, 5.74) is -0.467. The van der Waals surface area contributed by atoms with Crippen molar-refractivity contribution in [3.63, 3.8) is 0 Å². The van der Waals surface area contributed by atoms with Crippen molar-refractivity contribution < 1.29 is 31.1 Å². The van der Waals surface area contributed by atoms with E-state index in [4.69, 9.17) is 4.74 Å². The minimum atomic E-state index is -4.62. The highest BCUT2D eigenvalue weighted by molar-refractivity contribution is 7.89. The van der Waals surface area contributed by atoms with Gasteiger partial charge in [-0.25, -0.2) is 17.9 Å². The summed E-state index contributed by atoms with van der Waals surface area (Å²) in [6, 6.07) is 10.4. The molecular formula is C21H24F3N3O4S. The second-order valence-corrected chi connectivity index (χ2v) is 9.21. The number of ether oxygens (including phenoxy) is 1. The SMILES string of the molecule is COc1ccccc1NC(=O)N1CCC(CNS(=O)(=O)c2cccc(C(F)(F)F)c2)CC1. The molecule has 2 amide bonds. The molecule has 0 atom stereocenters. The number of hydrogen-bond donors (Lipinski definition) is 2. The summed E-state index contributed by atoms with van der Waals surface area (Å²) in [7, 11) is -2.57. The first-order valence-corrected chi connectivity index (χ1v) is 11.4. The lowest BCUT2D eigenvalue weighted by molar-refractivity contribution is -0.137. The molecule has 2 aromatic rings. The average Bonchev–Trinajstić information content (AvgIpc) is 2.78. The van der Waals surface area contributed by atoms with Gasteiger partial charge < -0.3 is 15.0 Å². The number of carbonyl (C=O) groups is 1. The monoisotopic (exact) mass is 471 g/mol. The predicted octanol–water partition coefficient (Wildman–Crippen LogP) is 3.94. The number of benzene rings is 2. The largest absolute Gasteiger partial charge is 0.495 e. The molecule has 0 aliphatic carbocycles. The van der Waals surface area contributed by atoms with Gasteiger partial charge in [-0.05, 0) is 49.1 Å². The maximum atomic E-state index is 12.9. The van der Waals surface area contributed by atoms with Crippen molar-refractivity contribution in [2.45, 2.75) is 23.9 Å². The number of rotatable bonds is 6. The van der Waals surface area contributed by atoms with E-state index in [9.17, 15) is 26.4 Å². The van der Waals surface area contributed by atoms with Crippen molar-refractivity contribution in [1.82, 2.24) is 9.62 Å². The third-order valence-corrected chi connectivity index (χ3v) is 6.71. The first-order valence-electron chi connectivity index (χ1n) is 9.96. The van der Waals surface area contributed by atoms with E-state index >= 15 is 0 Å².